The predicted molar refractivity (Wildman–Crippen MR) is 41.8 cm³/mol. The zero-order chi connectivity index (χ0) is 7.56. The zero-order valence-electron chi connectivity index (χ0n) is 6.84. The Bertz CT molecular complexity index is 103. The third kappa shape index (κ3) is 2.27. The molecule has 2 nitrogen and oxygen atoms in total. The van der Waals surface area contributed by atoms with Crippen molar-refractivity contribution < 1.29 is 4.74 Å². The molecule has 0 radical (unpaired) electrons. The second-order valence-corrected chi connectivity index (χ2v) is 3.36. The first kappa shape index (κ1) is 8.02. The summed E-state index contributed by atoms with van der Waals surface area (Å²) in [6.45, 7) is 4.16. The van der Waals surface area contributed by atoms with Crippen molar-refractivity contribution in [2.24, 2.45) is 5.73 Å². The second kappa shape index (κ2) is 3.35. The van der Waals surface area contributed by atoms with E-state index in [2.05, 4.69) is 6.92 Å². The fourth-order valence-electron chi connectivity index (χ4n) is 1.47. The van der Waals surface area contributed by atoms with Gasteiger partial charge in [-0.3, -0.25) is 0 Å². The summed E-state index contributed by atoms with van der Waals surface area (Å²) in [5, 5.41) is 0. The topological polar surface area (TPSA) is 35.2 Å². The quantitative estimate of drug-likeness (QED) is 0.632. The van der Waals surface area contributed by atoms with Gasteiger partial charge in [0.05, 0.1) is 12.2 Å². The van der Waals surface area contributed by atoms with Crippen LogP contribution in [0.3, 0.4) is 0 Å². The Kier molecular flexibility index (Phi) is 2.69. The lowest BCUT2D eigenvalue weighted by Gasteiger charge is -2.12. The average Bonchev–Trinajstić information content (AvgIpc) is 2.13. The molecule has 60 valence electrons. The second-order valence-electron chi connectivity index (χ2n) is 3.36. The molecule has 1 aliphatic heterocycles. The van der Waals surface area contributed by atoms with Crippen molar-refractivity contribution in [2.75, 3.05) is 0 Å². The van der Waals surface area contributed by atoms with Gasteiger partial charge in [0, 0.05) is 6.04 Å². The van der Waals surface area contributed by atoms with Crippen LogP contribution < -0.4 is 5.73 Å². The minimum Gasteiger partial charge on any atom is -0.375 e. The molecular formula is C8H17NO. The summed E-state index contributed by atoms with van der Waals surface area (Å²) in [4.78, 5) is 0. The Balaban J connectivity index is 2.18. The molecule has 10 heavy (non-hydrogen) atoms. The van der Waals surface area contributed by atoms with Crippen LogP contribution in [0.1, 0.15) is 33.1 Å². The highest BCUT2D eigenvalue weighted by atomic mass is 16.5. The van der Waals surface area contributed by atoms with E-state index in [1.54, 1.807) is 0 Å². The van der Waals surface area contributed by atoms with E-state index in [0.29, 0.717) is 12.2 Å². The number of hydrogen-bond acceptors (Lipinski definition) is 2. The molecule has 2 heteroatoms. The van der Waals surface area contributed by atoms with Gasteiger partial charge in [-0.15, -0.1) is 0 Å². The molecule has 0 bridgehead atoms. The maximum atomic E-state index is 5.64. The number of nitrogens with two attached hydrogens (primary N) is 1. The standard InChI is InChI=1S/C8H17NO/c1-6(9)5-8-4-3-7(2)10-8/h6-8H,3-5,9H2,1-2H3. The van der Waals surface area contributed by atoms with Crippen LogP contribution in [0.25, 0.3) is 0 Å². The van der Waals surface area contributed by atoms with Crippen LogP contribution in [0, 0.1) is 0 Å². The summed E-state index contributed by atoms with van der Waals surface area (Å²) in [5.74, 6) is 0. The lowest BCUT2D eigenvalue weighted by atomic mass is 10.1. The zero-order valence-corrected chi connectivity index (χ0v) is 6.84. The van der Waals surface area contributed by atoms with E-state index in [0.717, 1.165) is 6.42 Å². The molecule has 3 atom stereocenters. The van der Waals surface area contributed by atoms with Gasteiger partial charge in [-0.05, 0) is 33.1 Å². The van der Waals surface area contributed by atoms with E-state index in [-0.39, 0.29) is 6.04 Å². The van der Waals surface area contributed by atoms with Gasteiger partial charge in [0.15, 0.2) is 0 Å². The highest BCUT2D eigenvalue weighted by Crippen LogP contribution is 2.21. The van der Waals surface area contributed by atoms with Crippen LogP contribution in [0.2, 0.25) is 0 Å². The van der Waals surface area contributed by atoms with Crippen molar-refractivity contribution >= 4 is 0 Å². The first-order valence-electron chi connectivity index (χ1n) is 4.09. The molecule has 1 rings (SSSR count). The molecule has 1 fully saturated rings. The Morgan fingerprint density at radius 2 is 2.30 bits per heavy atom. The maximum Gasteiger partial charge on any atom is 0.0594 e. The highest BCUT2D eigenvalue weighted by Gasteiger charge is 2.21. The normalized spacial score (nSPS) is 36.3. The smallest absolute Gasteiger partial charge is 0.0594 e. The van der Waals surface area contributed by atoms with Gasteiger partial charge in [-0.2, -0.15) is 0 Å². The van der Waals surface area contributed by atoms with Gasteiger partial charge in [0.1, 0.15) is 0 Å². The molecule has 0 saturated carbocycles. The van der Waals surface area contributed by atoms with Crippen LogP contribution in [-0.2, 0) is 4.74 Å². The monoisotopic (exact) mass is 143 g/mol. The van der Waals surface area contributed by atoms with E-state index < -0.39 is 0 Å². The molecular weight excluding hydrogens is 126 g/mol. The first-order chi connectivity index (χ1) is 4.68. The number of ether oxygens (including phenoxy) is 1. The fourth-order valence-corrected chi connectivity index (χ4v) is 1.47. The van der Waals surface area contributed by atoms with Gasteiger partial charge in [0.2, 0.25) is 0 Å². The Hall–Kier alpha value is -0.0800. The van der Waals surface area contributed by atoms with E-state index in [1.807, 2.05) is 6.92 Å². The summed E-state index contributed by atoms with van der Waals surface area (Å²) in [5.41, 5.74) is 5.64. The Morgan fingerprint density at radius 3 is 2.70 bits per heavy atom. The Morgan fingerprint density at radius 1 is 1.60 bits per heavy atom. The molecule has 1 heterocycles. The van der Waals surface area contributed by atoms with Crippen LogP contribution in [0.15, 0.2) is 0 Å². The van der Waals surface area contributed by atoms with Crippen molar-refractivity contribution in [3.05, 3.63) is 0 Å². The molecule has 1 saturated heterocycles. The van der Waals surface area contributed by atoms with E-state index >= 15 is 0 Å². The minimum absolute atomic E-state index is 0.287. The molecule has 0 aliphatic carbocycles. The van der Waals surface area contributed by atoms with Crippen molar-refractivity contribution in [3.63, 3.8) is 0 Å². The number of hydrogen-bond donors (Lipinski definition) is 1. The SMILES string of the molecule is CC(N)CC1CCC(C)O1. The summed E-state index contributed by atoms with van der Waals surface area (Å²) in [6, 6.07) is 0.287. The third-order valence-corrected chi connectivity index (χ3v) is 1.95. The van der Waals surface area contributed by atoms with Crippen molar-refractivity contribution in [1.82, 2.24) is 0 Å². The van der Waals surface area contributed by atoms with E-state index in [9.17, 15) is 0 Å². The summed E-state index contributed by atoms with van der Waals surface area (Å²) in [7, 11) is 0. The minimum atomic E-state index is 0.287. The van der Waals surface area contributed by atoms with E-state index in [4.69, 9.17) is 10.5 Å². The molecule has 0 aromatic rings. The van der Waals surface area contributed by atoms with E-state index in [1.165, 1.54) is 12.8 Å². The van der Waals surface area contributed by atoms with Gasteiger partial charge < -0.3 is 10.5 Å². The summed E-state index contributed by atoms with van der Waals surface area (Å²) < 4.78 is 5.59. The molecule has 1 aliphatic rings. The predicted octanol–water partition coefficient (Wildman–Crippen LogP) is 1.29. The average molecular weight is 143 g/mol. The molecule has 0 aromatic heterocycles. The molecule has 0 aromatic carbocycles. The van der Waals surface area contributed by atoms with Crippen LogP contribution >= 0.6 is 0 Å². The molecule has 0 spiro atoms. The highest BCUT2D eigenvalue weighted by molar-refractivity contribution is 4.73. The van der Waals surface area contributed by atoms with Crippen LogP contribution in [-0.4, -0.2) is 18.2 Å². The largest absolute Gasteiger partial charge is 0.375 e. The van der Waals surface area contributed by atoms with Gasteiger partial charge in [-0.25, -0.2) is 0 Å². The van der Waals surface area contributed by atoms with Crippen molar-refractivity contribution in [3.8, 4) is 0 Å². The van der Waals surface area contributed by atoms with Gasteiger partial charge in [-0.1, -0.05) is 0 Å². The Labute approximate surface area is 62.7 Å². The van der Waals surface area contributed by atoms with Crippen LogP contribution in [0.5, 0.6) is 0 Å². The summed E-state index contributed by atoms with van der Waals surface area (Å²) >= 11 is 0. The molecule has 3 unspecified atom stereocenters. The lowest BCUT2D eigenvalue weighted by Crippen LogP contribution is -2.22. The van der Waals surface area contributed by atoms with Gasteiger partial charge in [0.25, 0.3) is 0 Å². The fraction of sp³-hybridized carbons (Fsp3) is 1.00. The van der Waals surface area contributed by atoms with Gasteiger partial charge >= 0.3 is 0 Å². The lowest BCUT2D eigenvalue weighted by molar-refractivity contribution is 0.0480. The number of rotatable bonds is 2. The van der Waals surface area contributed by atoms with Crippen molar-refractivity contribution in [2.45, 2.75) is 51.4 Å². The molecule has 2 N–H and O–H groups in total. The third-order valence-electron chi connectivity index (χ3n) is 1.95. The molecule has 0 amide bonds. The summed E-state index contributed by atoms with van der Waals surface area (Å²) in [6.07, 6.45) is 4.32. The van der Waals surface area contributed by atoms with Crippen molar-refractivity contribution in [1.29, 1.82) is 0 Å². The maximum absolute atomic E-state index is 5.64. The first-order valence-corrected chi connectivity index (χ1v) is 4.09. The van der Waals surface area contributed by atoms with Crippen LogP contribution in [0.4, 0.5) is 0 Å².